The summed E-state index contributed by atoms with van der Waals surface area (Å²) in [4.78, 5) is 11.0. The van der Waals surface area contributed by atoms with Crippen LogP contribution in [0.25, 0.3) is 0 Å². The number of hydrogen-bond donors (Lipinski definition) is 1. The normalized spacial score (nSPS) is 16.1. The molecule has 0 saturated heterocycles. The third kappa shape index (κ3) is 1.59. The Balaban J connectivity index is 2.34. The van der Waals surface area contributed by atoms with E-state index in [0.717, 1.165) is 12.5 Å². The minimum absolute atomic E-state index is 0.108. The van der Waals surface area contributed by atoms with Gasteiger partial charge in [0.25, 0.3) is 0 Å². The molecule has 0 bridgehead atoms. The molecule has 2 rings (SSSR count). The summed E-state index contributed by atoms with van der Waals surface area (Å²) in [6, 6.07) is 1.42. The topological polar surface area (TPSA) is 42.2 Å². The van der Waals surface area contributed by atoms with Crippen LogP contribution in [0.2, 0.25) is 0 Å². The fraction of sp³-hybridized carbons (Fsp3) is 0.500. The van der Waals surface area contributed by atoms with Crippen LogP contribution in [0.5, 0.6) is 5.75 Å². The van der Waals surface area contributed by atoms with Crippen LogP contribution < -0.4 is 5.43 Å². The zero-order valence-electron chi connectivity index (χ0n) is 7.66. The lowest BCUT2D eigenvalue weighted by Gasteiger charge is -2.09. The van der Waals surface area contributed by atoms with E-state index in [9.17, 15) is 9.90 Å². The van der Waals surface area contributed by atoms with E-state index in [1.54, 1.807) is 13.1 Å². The van der Waals surface area contributed by atoms with Gasteiger partial charge in [0.05, 0.1) is 5.69 Å². The third-order valence-corrected chi connectivity index (χ3v) is 2.56. The Morgan fingerprint density at radius 2 is 2.31 bits per heavy atom. The minimum atomic E-state index is -0.287. The summed E-state index contributed by atoms with van der Waals surface area (Å²) in [5.74, 6) is 0.642. The first-order valence-electron chi connectivity index (χ1n) is 4.57. The zero-order chi connectivity index (χ0) is 9.42. The zero-order valence-corrected chi connectivity index (χ0v) is 7.66. The lowest BCUT2D eigenvalue weighted by atomic mass is 10.3. The molecule has 1 N–H and O–H groups in total. The van der Waals surface area contributed by atoms with Gasteiger partial charge < -0.3 is 9.67 Å². The Bertz CT molecular complexity index is 377. The monoisotopic (exact) mass is 179 g/mol. The predicted molar refractivity (Wildman–Crippen MR) is 49.8 cm³/mol. The first-order valence-corrected chi connectivity index (χ1v) is 4.57. The molecule has 1 heterocycles. The molecule has 0 aliphatic heterocycles. The molecule has 13 heavy (non-hydrogen) atoms. The van der Waals surface area contributed by atoms with Gasteiger partial charge in [-0.2, -0.15) is 0 Å². The quantitative estimate of drug-likeness (QED) is 0.743. The van der Waals surface area contributed by atoms with Crippen LogP contribution >= 0.6 is 0 Å². The summed E-state index contributed by atoms with van der Waals surface area (Å²) in [5, 5.41) is 9.39. The molecule has 3 heteroatoms. The van der Waals surface area contributed by atoms with Crippen molar-refractivity contribution in [3.05, 3.63) is 28.2 Å². The molecule has 1 saturated carbocycles. The standard InChI is InChI=1S/C10H13NO2/c1-7-10(13)9(12)4-5-11(7)6-8-2-3-8/h4-5,8,13H,2-3,6H2,1H3. The summed E-state index contributed by atoms with van der Waals surface area (Å²) in [5.41, 5.74) is 0.393. The van der Waals surface area contributed by atoms with Crippen molar-refractivity contribution >= 4 is 0 Å². The fourth-order valence-electron chi connectivity index (χ4n) is 1.44. The predicted octanol–water partition coefficient (Wildman–Crippen LogP) is 1.27. The van der Waals surface area contributed by atoms with Gasteiger partial charge in [-0.15, -0.1) is 0 Å². The van der Waals surface area contributed by atoms with Gasteiger partial charge in [0, 0.05) is 18.8 Å². The summed E-state index contributed by atoms with van der Waals surface area (Å²) >= 11 is 0. The molecular weight excluding hydrogens is 166 g/mol. The number of hydrogen-bond acceptors (Lipinski definition) is 2. The van der Waals surface area contributed by atoms with Gasteiger partial charge in [-0.1, -0.05) is 0 Å². The number of aromatic nitrogens is 1. The minimum Gasteiger partial charge on any atom is -0.503 e. The van der Waals surface area contributed by atoms with Gasteiger partial charge in [0.15, 0.2) is 5.75 Å². The van der Waals surface area contributed by atoms with Crippen molar-refractivity contribution in [1.29, 1.82) is 0 Å². The van der Waals surface area contributed by atoms with Crippen molar-refractivity contribution in [3.63, 3.8) is 0 Å². The van der Waals surface area contributed by atoms with Gasteiger partial charge in [0.2, 0.25) is 5.43 Å². The summed E-state index contributed by atoms with van der Waals surface area (Å²) in [6.07, 6.45) is 4.30. The lowest BCUT2D eigenvalue weighted by Crippen LogP contribution is -2.10. The highest BCUT2D eigenvalue weighted by molar-refractivity contribution is 5.25. The number of pyridine rings is 1. The molecule has 0 amide bonds. The largest absolute Gasteiger partial charge is 0.503 e. The summed E-state index contributed by atoms with van der Waals surface area (Å²) in [6.45, 7) is 2.71. The van der Waals surface area contributed by atoms with Gasteiger partial charge in [0.1, 0.15) is 0 Å². The Kier molecular flexibility index (Phi) is 1.87. The average molecular weight is 179 g/mol. The summed E-state index contributed by atoms with van der Waals surface area (Å²) in [7, 11) is 0. The first-order chi connectivity index (χ1) is 6.18. The molecule has 0 unspecified atom stereocenters. The van der Waals surface area contributed by atoms with Crippen LogP contribution in [-0.4, -0.2) is 9.67 Å². The maximum Gasteiger partial charge on any atom is 0.223 e. The Morgan fingerprint density at radius 3 is 2.92 bits per heavy atom. The molecule has 70 valence electrons. The Morgan fingerprint density at radius 1 is 1.62 bits per heavy atom. The van der Waals surface area contributed by atoms with Crippen molar-refractivity contribution in [1.82, 2.24) is 4.57 Å². The van der Waals surface area contributed by atoms with Crippen LogP contribution in [0.4, 0.5) is 0 Å². The third-order valence-electron chi connectivity index (χ3n) is 2.56. The maximum atomic E-state index is 11.0. The lowest BCUT2D eigenvalue weighted by molar-refractivity contribution is 0.450. The number of nitrogens with zero attached hydrogens (tertiary/aromatic N) is 1. The fourth-order valence-corrected chi connectivity index (χ4v) is 1.44. The average Bonchev–Trinajstić information content (AvgIpc) is 2.90. The molecular formula is C10H13NO2. The van der Waals surface area contributed by atoms with E-state index in [0.29, 0.717) is 5.69 Å². The van der Waals surface area contributed by atoms with Gasteiger partial charge in [-0.25, -0.2) is 0 Å². The molecule has 0 atom stereocenters. The van der Waals surface area contributed by atoms with Crippen molar-refractivity contribution < 1.29 is 5.11 Å². The number of rotatable bonds is 2. The molecule has 1 aromatic rings. The SMILES string of the molecule is Cc1c(O)c(=O)ccn1CC1CC1. The van der Waals surface area contributed by atoms with Crippen molar-refractivity contribution in [2.24, 2.45) is 5.92 Å². The molecule has 0 radical (unpaired) electrons. The summed E-state index contributed by atoms with van der Waals surface area (Å²) < 4.78 is 1.95. The van der Waals surface area contributed by atoms with Crippen LogP contribution in [0.3, 0.4) is 0 Å². The highest BCUT2D eigenvalue weighted by atomic mass is 16.3. The second-order valence-electron chi connectivity index (χ2n) is 3.71. The highest BCUT2D eigenvalue weighted by Gasteiger charge is 2.22. The number of aromatic hydroxyl groups is 1. The van der Waals surface area contributed by atoms with Crippen molar-refractivity contribution in [3.8, 4) is 5.75 Å². The molecule has 1 aliphatic rings. The Hall–Kier alpha value is -1.25. The van der Waals surface area contributed by atoms with E-state index in [1.165, 1.54) is 18.9 Å². The second kappa shape index (κ2) is 2.91. The van der Waals surface area contributed by atoms with E-state index >= 15 is 0 Å². The van der Waals surface area contributed by atoms with Crippen molar-refractivity contribution in [2.45, 2.75) is 26.3 Å². The molecule has 0 aromatic carbocycles. The van der Waals surface area contributed by atoms with E-state index in [-0.39, 0.29) is 11.2 Å². The van der Waals surface area contributed by atoms with Crippen LogP contribution in [-0.2, 0) is 6.54 Å². The van der Waals surface area contributed by atoms with Crippen LogP contribution in [0.1, 0.15) is 18.5 Å². The Labute approximate surface area is 76.6 Å². The van der Waals surface area contributed by atoms with E-state index in [4.69, 9.17) is 0 Å². The van der Waals surface area contributed by atoms with Crippen LogP contribution in [0.15, 0.2) is 17.1 Å². The smallest absolute Gasteiger partial charge is 0.223 e. The molecule has 3 nitrogen and oxygen atoms in total. The molecule has 0 spiro atoms. The van der Waals surface area contributed by atoms with Gasteiger partial charge in [-0.3, -0.25) is 4.79 Å². The molecule has 1 aromatic heterocycles. The highest BCUT2D eigenvalue weighted by Crippen LogP contribution is 2.31. The van der Waals surface area contributed by atoms with E-state index < -0.39 is 0 Å². The van der Waals surface area contributed by atoms with Crippen LogP contribution in [0, 0.1) is 12.8 Å². The first kappa shape index (κ1) is 8.35. The van der Waals surface area contributed by atoms with E-state index in [1.807, 2.05) is 4.57 Å². The second-order valence-corrected chi connectivity index (χ2v) is 3.71. The van der Waals surface area contributed by atoms with Gasteiger partial charge >= 0.3 is 0 Å². The van der Waals surface area contributed by atoms with Crippen molar-refractivity contribution in [2.75, 3.05) is 0 Å². The molecule has 1 fully saturated rings. The molecule has 1 aliphatic carbocycles. The maximum absolute atomic E-state index is 11.0. The van der Waals surface area contributed by atoms with E-state index in [2.05, 4.69) is 0 Å². The van der Waals surface area contributed by atoms with Gasteiger partial charge in [-0.05, 0) is 25.7 Å².